The first-order chi connectivity index (χ1) is 10.2. The van der Waals surface area contributed by atoms with Crippen LogP contribution in [0.3, 0.4) is 0 Å². The molecule has 21 heavy (non-hydrogen) atoms. The number of nitrogens with zero attached hydrogens (tertiary/aromatic N) is 1. The zero-order valence-electron chi connectivity index (χ0n) is 12.2. The monoisotopic (exact) mass is 285 g/mol. The van der Waals surface area contributed by atoms with E-state index in [4.69, 9.17) is 4.74 Å². The lowest BCUT2D eigenvalue weighted by Crippen LogP contribution is -2.28. The molecule has 5 nitrogen and oxygen atoms in total. The van der Waals surface area contributed by atoms with Gasteiger partial charge in [-0.05, 0) is 36.8 Å². The first-order valence-electron chi connectivity index (χ1n) is 6.72. The van der Waals surface area contributed by atoms with Gasteiger partial charge >= 0.3 is 6.03 Å². The number of carbonyl (C=O) groups is 1. The number of benzene rings is 1. The lowest BCUT2D eigenvalue weighted by molar-refractivity contribution is 0.185. The van der Waals surface area contributed by atoms with Crippen molar-refractivity contribution in [2.24, 2.45) is 0 Å². The highest BCUT2D eigenvalue weighted by atomic mass is 16.5. The number of rotatable bonds is 5. The summed E-state index contributed by atoms with van der Waals surface area (Å²) < 4.78 is 5.07. The van der Waals surface area contributed by atoms with Gasteiger partial charge in [0.1, 0.15) is 0 Å². The summed E-state index contributed by atoms with van der Waals surface area (Å²) in [7, 11) is 1.64. The molecule has 2 rings (SSSR count). The van der Waals surface area contributed by atoms with Crippen LogP contribution in [-0.4, -0.2) is 18.1 Å². The Morgan fingerprint density at radius 3 is 2.81 bits per heavy atom. The second kappa shape index (κ2) is 7.40. The zero-order valence-corrected chi connectivity index (χ0v) is 12.2. The molecule has 0 aliphatic heterocycles. The van der Waals surface area contributed by atoms with Gasteiger partial charge < -0.3 is 15.4 Å². The summed E-state index contributed by atoms with van der Waals surface area (Å²) in [4.78, 5) is 16.2. The van der Waals surface area contributed by atoms with Crippen LogP contribution in [0, 0.1) is 6.92 Å². The number of pyridine rings is 1. The van der Waals surface area contributed by atoms with Gasteiger partial charge in [0, 0.05) is 18.5 Å². The Kier molecular flexibility index (Phi) is 5.29. The molecule has 0 unspecified atom stereocenters. The predicted octanol–water partition coefficient (Wildman–Crippen LogP) is 2.86. The largest absolute Gasteiger partial charge is 0.380 e. The smallest absolute Gasteiger partial charge is 0.319 e. The molecule has 0 spiro atoms. The molecule has 1 aromatic heterocycles. The van der Waals surface area contributed by atoms with E-state index >= 15 is 0 Å². The van der Waals surface area contributed by atoms with Crippen molar-refractivity contribution in [1.29, 1.82) is 0 Å². The van der Waals surface area contributed by atoms with Crippen molar-refractivity contribution < 1.29 is 9.53 Å². The van der Waals surface area contributed by atoms with Crippen LogP contribution in [0.4, 0.5) is 10.5 Å². The van der Waals surface area contributed by atoms with Crippen molar-refractivity contribution >= 4 is 11.7 Å². The molecular formula is C16H19N3O2. The van der Waals surface area contributed by atoms with E-state index in [0.717, 1.165) is 22.6 Å². The van der Waals surface area contributed by atoms with E-state index in [0.29, 0.717) is 13.2 Å². The third-order valence-corrected chi connectivity index (χ3v) is 2.87. The number of urea groups is 1. The molecule has 0 aliphatic carbocycles. The molecule has 1 heterocycles. The number of hydrogen-bond acceptors (Lipinski definition) is 3. The minimum atomic E-state index is -0.257. The molecule has 2 aromatic rings. The molecule has 0 saturated heterocycles. The molecule has 1 aromatic carbocycles. The summed E-state index contributed by atoms with van der Waals surface area (Å²) in [5.41, 5.74) is 3.51. The Bertz CT molecular complexity index is 614. The van der Waals surface area contributed by atoms with Crippen molar-refractivity contribution in [2.45, 2.75) is 20.1 Å². The standard InChI is InChI=1S/C16H19N3O2/c1-12-5-3-8-15(18-12)10-17-16(20)19-14-7-4-6-13(9-14)11-21-2/h3-9H,10-11H2,1-2H3,(H2,17,19,20). The van der Waals surface area contributed by atoms with E-state index in [9.17, 15) is 4.79 Å². The Balaban J connectivity index is 1.88. The Hall–Kier alpha value is -2.40. The summed E-state index contributed by atoms with van der Waals surface area (Å²) in [5, 5.41) is 5.57. The maximum atomic E-state index is 11.9. The van der Waals surface area contributed by atoms with Crippen LogP contribution >= 0.6 is 0 Å². The average molecular weight is 285 g/mol. The zero-order chi connectivity index (χ0) is 15.1. The first-order valence-corrected chi connectivity index (χ1v) is 6.72. The normalized spacial score (nSPS) is 10.2. The Labute approximate surface area is 124 Å². The minimum absolute atomic E-state index is 0.257. The van der Waals surface area contributed by atoms with E-state index in [1.807, 2.05) is 49.4 Å². The fourth-order valence-corrected chi connectivity index (χ4v) is 1.95. The number of anilines is 1. The second-order valence-electron chi connectivity index (χ2n) is 4.71. The van der Waals surface area contributed by atoms with Crippen LogP contribution in [0.2, 0.25) is 0 Å². The Morgan fingerprint density at radius 1 is 1.24 bits per heavy atom. The molecule has 110 valence electrons. The number of aromatic nitrogens is 1. The third kappa shape index (κ3) is 4.89. The van der Waals surface area contributed by atoms with Gasteiger partial charge in [-0.15, -0.1) is 0 Å². The van der Waals surface area contributed by atoms with Crippen molar-refractivity contribution in [2.75, 3.05) is 12.4 Å². The second-order valence-corrected chi connectivity index (χ2v) is 4.71. The quantitative estimate of drug-likeness (QED) is 0.888. The number of hydrogen-bond donors (Lipinski definition) is 2. The first kappa shape index (κ1) is 15.0. The summed E-state index contributed by atoms with van der Waals surface area (Å²) in [5.74, 6) is 0. The summed E-state index contributed by atoms with van der Waals surface area (Å²) in [6, 6.07) is 13.0. The van der Waals surface area contributed by atoms with Crippen LogP contribution in [0.1, 0.15) is 17.0 Å². The SMILES string of the molecule is COCc1cccc(NC(=O)NCc2cccc(C)n2)c1. The number of methoxy groups -OCH3 is 1. The van der Waals surface area contributed by atoms with Gasteiger partial charge in [0.05, 0.1) is 18.8 Å². The maximum absolute atomic E-state index is 11.9. The van der Waals surface area contributed by atoms with Crippen molar-refractivity contribution in [1.82, 2.24) is 10.3 Å². The highest BCUT2D eigenvalue weighted by Crippen LogP contribution is 2.11. The number of nitrogens with one attached hydrogen (secondary N) is 2. The van der Waals surface area contributed by atoms with Gasteiger partial charge in [0.25, 0.3) is 0 Å². The van der Waals surface area contributed by atoms with Gasteiger partial charge in [-0.3, -0.25) is 4.98 Å². The fourth-order valence-electron chi connectivity index (χ4n) is 1.95. The van der Waals surface area contributed by atoms with Crippen LogP contribution < -0.4 is 10.6 Å². The van der Waals surface area contributed by atoms with E-state index < -0.39 is 0 Å². The predicted molar refractivity (Wildman–Crippen MR) is 82.0 cm³/mol. The molecular weight excluding hydrogens is 266 g/mol. The van der Waals surface area contributed by atoms with Crippen LogP contribution in [0.15, 0.2) is 42.5 Å². The molecule has 0 fully saturated rings. The maximum Gasteiger partial charge on any atom is 0.319 e. The number of carbonyl (C=O) groups excluding carboxylic acids is 1. The molecule has 2 N–H and O–H groups in total. The summed E-state index contributed by atoms with van der Waals surface area (Å²) in [6.45, 7) is 2.83. The molecule has 2 amide bonds. The van der Waals surface area contributed by atoms with Gasteiger partial charge in [-0.25, -0.2) is 4.79 Å². The highest BCUT2D eigenvalue weighted by Gasteiger charge is 2.03. The molecule has 0 aliphatic rings. The molecule has 0 radical (unpaired) electrons. The van der Waals surface area contributed by atoms with Crippen molar-refractivity contribution in [3.05, 3.63) is 59.4 Å². The van der Waals surface area contributed by atoms with Crippen LogP contribution in [0.5, 0.6) is 0 Å². The summed E-state index contributed by atoms with van der Waals surface area (Å²) in [6.07, 6.45) is 0. The third-order valence-electron chi connectivity index (χ3n) is 2.87. The van der Waals surface area contributed by atoms with Gasteiger partial charge in [0.15, 0.2) is 0 Å². The minimum Gasteiger partial charge on any atom is -0.380 e. The van der Waals surface area contributed by atoms with E-state index in [1.54, 1.807) is 7.11 Å². The lowest BCUT2D eigenvalue weighted by atomic mass is 10.2. The molecule has 0 atom stereocenters. The average Bonchev–Trinajstić information content (AvgIpc) is 2.46. The lowest BCUT2D eigenvalue weighted by Gasteiger charge is -2.09. The molecule has 5 heteroatoms. The number of aryl methyl sites for hydroxylation is 1. The van der Waals surface area contributed by atoms with Crippen molar-refractivity contribution in [3.63, 3.8) is 0 Å². The summed E-state index contributed by atoms with van der Waals surface area (Å²) >= 11 is 0. The molecule has 0 bridgehead atoms. The topological polar surface area (TPSA) is 63.2 Å². The van der Waals surface area contributed by atoms with Gasteiger partial charge in [0.2, 0.25) is 0 Å². The van der Waals surface area contributed by atoms with E-state index in [1.165, 1.54) is 0 Å². The van der Waals surface area contributed by atoms with Crippen LogP contribution in [0.25, 0.3) is 0 Å². The van der Waals surface area contributed by atoms with Gasteiger partial charge in [-0.1, -0.05) is 18.2 Å². The number of ether oxygens (including phenoxy) is 1. The molecule has 0 saturated carbocycles. The number of amides is 2. The van der Waals surface area contributed by atoms with Gasteiger partial charge in [-0.2, -0.15) is 0 Å². The van der Waals surface area contributed by atoms with E-state index in [-0.39, 0.29) is 6.03 Å². The van der Waals surface area contributed by atoms with Crippen molar-refractivity contribution in [3.8, 4) is 0 Å². The van der Waals surface area contributed by atoms with Crippen LogP contribution in [-0.2, 0) is 17.9 Å². The fraction of sp³-hybridized carbons (Fsp3) is 0.250. The van der Waals surface area contributed by atoms with E-state index in [2.05, 4.69) is 15.6 Å². The Morgan fingerprint density at radius 2 is 2.05 bits per heavy atom. The highest BCUT2D eigenvalue weighted by molar-refractivity contribution is 5.89.